The van der Waals surface area contributed by atoms with Crippen LogP contribution in [0.25, 0.3) is 0 Å². The number of esters is 1. The average molecular weight is 715 g/mol. The third-order valence-electron chi connectivity index (χ3n) is 9.40. The van der Waals surface area contributed by atoms with Crippen LogP contribution in [-0.4, -0.2) is 58.6 Å². The van der Waals surface area contributed by atoms with Crippen molar-refractivity contribution in [3.8, 4) is 0 Å². The first kappa shape index (κ1) is 38.4. The monoisotopic (exact) mass is 713 g/mol. The predicted molar refractivity (Wildman–Crippen MR) is 192 cm³/mol. The van der Waals surface area contributed by atoms with E-state index in [0.29, 0.717) is 12.8 Å². The molecule has 2 fully saturated rings. The molecular formula is C38H49Cl2N3O6. The number of hydrogen-bond donors (Lipinski definition) is 1. The molecule has 266 valence electrons. The van der Waals surface area contributed by atoms with Crippen molar-refractivity contribution in [1.29, 1.82) is 0 Å². The Bertz CT molecular complexity index is 1480. The summed E-state index contributed by atoms with van der Waals surface area (Å²) in [5.74, 6) is -2.75. The van der Waals surface area contributed by atoms with E-state index in [1.165, 1.54) is 68.4 Å². The van der Waals surface area contributed by atoms with Gasteiger partial charge in [0.1, 0.15) is 6.54 Å². The molecule has 2 aliphatic rings. The molecule has 11 heteroatoms. The van der Waals surface area contributed by atoms with Crippen molar-refractivity contribution in [1.82, 2.24) is 9.80 Å². The Kier molecular flexibility index (Phi) is 14.5. The molecule has 2 aromatic carbocycles. The molecule has 2 aromatic rings. The average Bonchev–Trinajstić information content (AvgIpc) is 3.78. The molecule has 0 radical (unpaired) electrons. The molecule has 1 saturated heterocycles. The van der Waals surface area contributed by atoms with E-state index in [4.69, 9.17) is 27.9 Å². The first-order valence-electron chi connectivity index (χ1n) is 17.7. The second kappa shape index (κ2) is 18.5. The Balaban J connectivity index is 1.33. The van der Waals surface area contributed by atoms with Gasteiger partial charge in [-0.05, 0) is 37.0 Å². The summed E-state index contributed by atoms with van der Waals surface area (Å²) in [7, 11) is 0. The summed E-state index contributed by atoms with van der Waals surface area (Å²) >= 11 is 12.8. The van der Waals surface area contributed by atoms with Gasteiger partial charge in [-0.3, -0.25) is 14.4 Å². The van der Waals surface area contributed by atoms with Crippen molar-refractivity contribution in [2.24, 2.45) is 5.41 Å². The first-order chi connectivity index (χ1) is 23.6. The molecule has 4 amide bonds. The minimum atomic E-state index is -1.71. The van der Waals surface area contributed by atoms with Gasteiger partial charge in [-0.15, -0.1) is 0 Å². The maximum atomic E-state index is 13.8. The van der Waals surface area contributed by atoms with Gasteiger partial charge in [0.15, 0.2) is 11.8 Å². The van der Waals surface area contributed by atoms with Crippen molar-refractivity contribution in [2.45, 2.75) is 116 Å². The molecular weight excluding hydrogens is 665 g/mol. The SMILES string of the molecule is CCCCCCCCCCCCCCOC(=O)c1cc(NC(=O)C(C(=O)C2(C)CC2)N2C(=O)CN(Cc3ccccc3)C2=O)c(Cl)cc1Cl. The topological polar surface area (TPSA) is 113 Å². The highest BCUT2D eigenvalue weighted by atomic mass is 35.5. The van der Waals surface area contributed by atoms with Crippen molar-refractivity contribution >= 4 is 58.5 Å². The Morgan fingerprint density at radius 1 is 0.857 bits per heavy atom. The number of nitrogens with one attached hydrogen (secondary N) is 1. The number of hydrogen-bond acceptors (Lipinski definition) is 6. The minimum absolute atomic E-state index is 0.000281. The number of amides is 4. The number of benzene rings is 2. The van der Waals surface area contributed by atoms with Gasteiger partial charge in [0.2, 0.25) is 0 Å². The zero-order valence-corrected chi connectivity index (χ0v) is 30.3. The van der Waals surface area contributed by atoms with Gasteiger partial charge >= 0.3 is 12.0 Å². The van der Waals surface area contributed by atoms with Crippen LogP contribution in [0.1, 0.15) is 120 Å². The Hall–Kier alpha value is -3.43. The number of anilines is 1. The van der Waals surface area contributed by atoms with E-state index in [-0.39, 0.29) is 41.0 Å². The highest BCUT2D eigenvalue weighted by molar-refractivity contribution is 6.38. The van der Waals surface area contributed by atoms with Gasteiger partial charge < -0.3 is 15.0 Å². The number of rotatable bonds is 21. The molecule has 4 rings (SSSR count). The molecule has 0 spiro atoms. The fourth-order valence-electron chi connectivity index (χ4n) is 6.05. The summed E-state index contributed by atoms with van der Waals surface area (Å²) in [6, 6.07) is 9.31. The van der Waals surface area contributed by atoms with Gasteiger partial charge in [0.25, 0.3) is 11.8 Å². The highest BCUT2D eigenvalue weighted by Gasteiger charge is 2.55. The normalized spacial score (nSPS) is 15.8. The molecule has 49 heavy (non-hydrogen) atoms. The van der Waals surface area contributed by atoms with Crippen molar-refractivity contribution in [3.63, 3.8) is 0 Å². The maximum Gasteiger partial charge on any atom is 0.339 e. The molecule has 9 nitrogen and oxygen atoms in total. The third-order valence-corrected chi connectivity index (χ3v) is 10.0. The van der Waals surface area contributed by atoms with Gasteiger partial charge in [-0.2, -0.15) is 0 Å². The smallest absolute Gasteiger partial charge is 0.339 e. The molecule has 1 unspecified atom stereocenters. The van der Waals surface area contributed by atoms with E-state index in [2.05, 4.69) is 12.2 Å². The second-order valence-corrected chi connectivity index (χ2v) is 14.4. The number of nitrogens with zero attached hydrogens (tertiary/aromatic N) is 2. The van der Waals surface area contributed by atoms with E-state index in [9.17, 15) is 24.0 Å². The van der Waals surface area contributed by atoms with Crippen LogP contribution in [0.3, 0.4) is 0 Å². The van der Waals surface area contributed by atoms with Crippen LogP contribution in [0, 0.1) is 5.41 Å². The first-order valence-corrected chi connectivity index (χ1v) is 18.5. The minimum Gasteiger partial charge on any atom is -0.462 e. The number of Topliss-reactive ketones (excluding diaryl/α,β-unsaturated/α-hetero) is 1. The van der Waals surface area contributed by atoms with Crippen molar-refractivity contribution in [3.05, 3.63) is 63.6 Å². The number of carbonyl (C=O) groups is 5. The number of halogens is 2. The largest absolute Gasteiger partial charge is 0.462 e. The van der Waals surface area contributed by atoms with E-state index >= 15 is 0 Å². The molecule has 1 atom stereocenters. The van der Waals surface area contributed by atoms with E-state index < -0.39 is 41.1 Å². The number of imide groups is 1. The Morgan fingerprint density at radius 2 is 1.45 bits per heavy atom. The summed E-state index contributed by atoms with van der Waals surface area (Å²) in [5, 5.41) is 2.65. The highest BCUT2D eigenvalue weighted by Crippen LogP contribution is 2.47. The van der Waals surface area contributed by atoms with Crippen LogP contribution in [0.5, 0.6) is 0 Å². The summed E-state index contributed by atoms with van der Waals surface area (Å²) in [4.78, 5) is 69.1. The number of unbranched alkanes of at least 4 members (excludes halogenated alkanes) is 11. The van der Waals surface area contributed by atoms with Gasteiger partial charge in [-0.1, -0.05) is 138 Å². The van der Waals surface area contributed by atoms with E-state index in [1.807, 2.05) is 30.3 Å². The Labute approximate surface area is 300 Å². The number of carbonyl (C=O) groups excluding carboxylic acids is 5. The lowest BCUT2D eigenvalue weighted by Gasteiger charge is -2.27. The molecule has 1 aliphatic carbocycles. The standard InChI is InChI=1S/C38H49Cl2N3O6/c1-3-4-5-6-7-8-9-10-11-12-13-17-22-49-36(47)28-23-31(30(40)24-29(28)39)41-35(46)33(34(45)38(2)20-21-38)43-32(44)26-42(37(43)48)25-27-18-15-14-16-19-27/h14-16,18-19,23-24,33H,3-13,17,20-22,25-26H2,1-2H3,(H,41,46). The number of urea groups is 1. The zero-order valence-electron chi connectivity index (χ0n) is 28.7. The molecule has 0 bridgehead atoms. The zero-order chi connectivity index (χ0) is 35.4. The summed E-state index contributed by atoms with van der Waals surface area (Å²) in [5.41, 5.74) is -0.0209. The molecule has 1 saturated carbocycles. The summed E-state index contributed by atoms with van der Waals surface area (Å²) in [6.07, 6.45) is 15.4. The number of ketones is 1. The Morgan fingerprint density at radius 3 is 2.04 bits per heavy atom. The number of ether oxygens (including phenoxy) is 1. The summed E-state index contributed by atoms with van der Waals surface area (Å²) in [6.45, 7) is 4.05. The lowest BCUT2D eigenvalue weighted by Crippen LogP contribution is -2.54. The fourth-order valence-corrected chi connectivity index (χ4v) is 6.56. The lowest BCUT2D eigenvalue weighted by atomic mass is 9.95. The maximum absolute atomic E-state index is 13.8. The van der Waals surface area contributed by atoms with Crippen LogP contribution in [0.4, 0.5) is 10.5 Å². The van der Waals surface area contributed by atoms with Gasteiger partial charge in [0.05, 0.1) is 27.9 Å². The van der Waals surface area contributed by atoms with Crippen LogP contribution in [-0.2, 0) is 25.7 Å². The molecule has 1 aliphatic heterocycles. The van der Waals surface area contributed by atoms with Crippen molar-refractivity contribution in [2.75, 3.05) is 18.5 Å². The summed E-state index contributed by atoms with van der Waals surface area (Å²) < 4.78 is 5.47. The van der Waals surface area contributed by atoms with Crippen molar-refractivity contribution < 1.29 is 28.7 Å². The molecule has 1 heterocycles. The third kappa shape index (κ3) is 10.8. The van der Waals surface area contributed by atoms with E-state index in [1.54, 1.807) is 6.92 Å². The van der Waals surface area contributed by atoms with Crippen LogP contribution in [0.2, 0.25) is 10.0 Å². The van der Waals surface area contributed by atoms with Gasteiger partial charge in [0, 0.05) is 12.0 Å². The predicted octanol–water partition coefficient (Wildman–Crippen LogP) is 8.99. The van der Waals surface area contributed by atoms with E-state index in [0.717, 1.165) is 36.1 Å². The lowest BCUT2D eigenvalue weighted by molar-refractivity contribution is -0.141. The molecule has 0 aromatic heterocycles. The fraction of sp³-hybridized carbons (Fsp3) is 0.553. The van der Waals surface area contributed by atoms with Crippen LogP contribution in [0.15, 0.2) is 42.5 Å². The molecule has 1 N–H and O–H groups in total. The quantitative estimate of drug-likeness (QED) is 0.0598. The van der Waals surface area contributed by atoms with Crippen LogP contribution < -0.4 is 5.32 Å². The second-order valence-electron chi connectivity index (χ2n) is 13.5. The van der Waals surface area contributed by atoms with Gasteiger partial charge in [-0.25, -0.2) is 14.5 Å². The van der Waals surface area contributed by atoms with Crippen LogP contribution >= 0.6 is 23.2 Å².